The zero-order valence-corrected chi connectivity index (χ0v) is 10.7. The maximum atomic E-state index is 12.2. The van der Waals surface area contributed by atoms with Gasteiger partial charge in [0, 0.05) is 12.6 Å². The Hall–Kier alpha value is -1.15. The van der Waals surface area contributed by atoms with Crippen molar-refractivity contribution >= 4 is 0 Å². The van der Waals surface area contributed by atoms with Gasteiger partial charge < -0.3 is 9.84 Å². The van der Waals surface area contributed by atoms with E-state index in [0.717, 1.165) is 25.9 Å². The normalized spacial score (nSPS) is 21.8. The van der Waals surface area contributed by atoms with Crippen LogP contribution in [-0.4, -0.2) is 47.4 Å². The molecule has 0 radical (unpaired) electrons. The molecule has 2 rings (SSSR count). The van der Waals surface area contributed by atoms with Crippen molar-refractivity contribution in [2.24, 2.45) is 0 Å². The van der Waals surface area contributed by atoms with Crippen LogP contribution in [-0.2, 0) is 13.0 Å². The van der Waals surface area contributed by atoms with Gasteiger partial charge in [0.2, 0.25) is 5.89 Å². The Morgan fingerprint density at radius 2 is 2.26 bits per heavy atom. The van der Waals surface area contributed by atoms with Crippen LogP contribution in [0, 0.1) is 0 Å². The molecule has 1 aromatic heterocycles. The summed E-state index contributed by atoms with van der Waals surface area (Å²) >= 11 is 0. The summed E-state index contributed by atoms with van der Waals surface area (Å²) in [5.74, 6) is -0.0549. The Bertz CT molecular complexity index is 407. The first-order valence-corrected chi connectivity index (χ1v) is 6.24. The number of alkyl halides is 3. The summed E-state index contributed by atoms with van der Waals surface area (Å²) in [5, 5.41) is 6.56. The van der Waals surface area contributed by atoms with Gasteiger partial charge in [0.25, 0.3) is 0 Å². The fourth-order valence-electron chi connectivity index (χ4n) is 2.23. The largest absolute Gasteiger partial charge is 0.396 e. The van der Waals surface area contributed by atoms with E-state index in [1.54, 1.807) is 0 Å². The fraction of sp³-hybridized carbons (Fsp3) is 0.818. The number of halogens is 3. The third-order valence-electron chi connectivity index (χ3n) is 3.14. The molecule has 1 aliphatic rings. The van der Waals surface area contributed by atoms with Crippen LogP contribution >= 0.6 is 0 Å². The summed E-state index contributed by atoms with van der Waals surface area (Å²) in [4.78, 5) is 5.89. The molecule has 0 spiro atoms. The van der Waals surface area contributed by atoms with Gasteiger partial charge in [-0.3, -0.25) is 4.90 Å². The van der Waals surface area contributed by atoms with Gasteiger partial charge in [0.1, 0.15) is 6.42 Å². The lowest BCUT2D eigenvalue weighted by molar-refractivity contribution is -0.128. The van der Waals surface area contributed by atoms with E-state index in [9.17, 15) is 13.2 Å². The first-order valence-electron chi connectivity index (χ1n) is 6.24. The third kappa shape index (κ3) is 4.46. The maximum absolute atomic E-state index is 12.2. The molecule has 1 N–H and O–H groups in total. The molecule has 19 heavy (non-hydrogen) atoms. The molecule has 8 heteroatoms. The molecule has 1 fully saturated rings. The van der Waals surface area contributed by atoms with Gasteiger partial charge >= 0.3 is 6.18 Å². The summed E-state index contributed by atoms with van der Waals surface area (Å²) in [7, 11) is 1.91. The van der Waals surface area contributed by atoms with Crippen LogP contribution < -0.4 is 5.32 Å². The van der Waals surface area contributed by atoms with Gasteiger partial charge in [0.05, 0.1) is 6.54 Å². The minimum absolute atomic E-state index is 0.246. The van der Waals surface area contributed by atoms with Crippen molar-refractivity contribution in [3.8, 4) is 0 Å². The van der Waals surface area contributed by atoms with Gasteiger partial charge in [-0.2, -0.15) is 18.2 Å². The molecule has 1 atom stereocenters. The third-order valence-corrected chi connectivity index (χ3v) is 3.14. The standard InChI is InChI=1S/C11H17F3N4O/c1-15-8-3-2-4-18(6-8)7-10-16-9(17-19-10)5-11(12,13)14/h8,15H,2-7H2,1H3. The molecular formula is C11H17F3N4O. The second-order valence-electron chi connectivity index (χ2n) is 4.76. The van der Waals surface area contributed by atoms with Gasteiger partial charge in [-0.25, -0.2) is 0 Å². The maximum Gasteiger partial charge on any atom is 0.396 e. The molecule has 5 nitrogen and oxygen atoms in total. The molecule has 0 amide bonds. The van der Waals surface area contributed by atoms with Crippen molar-refractivity contribution < 1.29 is 17.7 Å². The highest BCUT2D eigenvalue weighted by atomic mass is 19.4. The molecule has 2 heterocycles. The van der Waals surface area contributed by atoms with Crippen LogP contribution in [0.25, 0.3) is 0 Å². The molecule has 0 aliphatic carbocycles. The smallest absolute Gasteiger partial charge is 0.338 e. The van der Waals surface area contributed by atoms with Gasteiger partial charge in [-0.1, -0.05) is 5.16 Å². The zero-order chi connectivity index (χ0) is 13.9. The Balaban J connectivity index is 1.89. The van der Waals surface area contributed by atoms with Gasteiger partial charge in [-0.05, 0) is 26.4 Å². The van der Waals surface area contributed by atoms with E-state index in [4.69, 9.17) is 4.52 Å². The van der Waals surface area contributed by atoms with Gasteiger partial charge in [0.15, 0.2) is 5.82 Å². The number of nitrogens with zero attached hydrogens (tertiary/aromatic N) is 3. The van der Waals surface area contributed by atoms with Crippen LogP contribution in [0.4, 0.5) is 13.2 Å². The lowest BCUT2D eigenvalue weighted by Gasteiger charge is -2.31. The monoisotopic (exact) mass is 278 g/mol. The van der Waals surface area contributed by atoms with E-state index >= 15 is 0 Å². The predicted molar refractivity (Wildman–Crippen MR) is 61.4 cm³/mol. The van der Waals surface area contributed by atoms with E-state index in [-0.39, 0.29) is 11.7 Å². The van der Waals surface area contributed by atoms with Gasteiger partial charge in [-0.15, -0.1) is 0 Å². The lowest BCUT2D eigenvalue weighted by atomic mass is 10.1. The molecule has 1 aliphatic heterocycles. The first kappa shape index (κ1) is 14.3. The Morgan fingerprint density at radius 3 is 2.95 bits per heavy atom. The molecule has 1 unspecified atom stereocenters. The average molecular weight is 278 g/mol. The Labute approximate surface area is 109 Å². The minimum Gasteiger partial charge on any atom is -0.338 e. The SMILES string of the molecule is CNC1CCCN(Cc2nc(CC(F)(F)F)no2)C1. The van der Waals surface area contributed by atoms with E-state index in [0.29, 0.717) is 12.6 Å². The number of piperidine rings is 1. The average Bonchev–Trinajstić information content (AvgIpc) is 2.74. The topological polar surface area (TPSA) is 54.2 Å². The van der Waals surface area contributed by atoms with Crippen molar-refractivity contribution in [1.29, 1.82) is 0 Å². The molecule has 108 valence electrons. The second kappa shape index (κ2) is 5.87. The highest BCUT2D eigenvalue weighted by Crippen LogP contribution is 2.20. The lowest BCUT2D eigenvalue weighted by Crippen LogP contribution is -2.43. The zero-order valence-electron chi connectivity index (χ0n) is 10.7. The molecule has 1 aromatic rings. The van der Waals surface area contributed by atoms with Crippen LogP contribution in [0.15, 0.2) is 4.52 Å². The number of rotatable bonds is 4. The van der Waals surface area contributed by atoms with Crippen molar-refractivity contribution in [1.82, 2.24) is 20.4 Å². The first-order chi connectivity index (χ1) is 8.96. The number of nitrogens with one attached hydrogen (secondary N) is 1. The van der Waals surface area contributed by atoms with Crippen LogP contribution in [0.5, 0.6) is 0 Å². The van der Waals surface area contributed by atoms with Crippen molar-refractivity contribution in [2.75, 3.05) is 20.1 Å². The summed E-state index contributed by atoms with van der Waals surface area (Å²) in [6, 6.07) is 0.409. The predicted octanol–water partition coefficient (Wildman–Crippen LogP) is 1.36. The number of aromatic nitrogens is 2. The van der Waals surface area contributed by atoms with E-state index in [2.05, 4.69) is 20.4 Å². The molecular weight excluding hydrogens is 261 g/mol. The van der Waals surface area contributed by atoms with Crippen molar-refractivity contribution in [3.63, 3.8) is 0 Å². The summed E-state index contributed by atoms with van der Waals surface area (Å²) in [5.41, 5.74) is 0. The highest BCUT2D eigenvalue weighted by molar-refractivity contribution is 4.90. The van der Waals surface area contributed by atoms with E-state index in [1.165, 1.54) is 0 Å². The van der Waals surface area contributed by atoms with Crippen molar-refractivity contribution in [2.45, 2.75) is 38.0 Å². The summed E-state index contributed by atoms with van der Waals surface area (Å²) < 4.78 is 41.4. The Kier molecular flexibility index (Phi) is 4.41. The van der Waals surface area contributed by atoms with Crippen LogP contribution in [0.1, 0.15) is 24.6 Å². The van der Waals surface area contributed by atoms with Crippen LogP contribution in [0.3, 0.4) is 0 Å². The van der Waals surface area contributed by atoms with E-state index in [1.807, 2.05) is 7.05 Å². The fourth-order valence-corrected chi connectivity index (χ4v) is 2.23. The summed E-state index contributed by atoms with van der Waals surface area (Å²) in [6.07, 6.45) is -3.29. The number of likely N-dealkylation sites (tertiary alicyclic amines) is 1. The Morgan fingerprint density at radius 1 is 1.47 bits per heavy atom. The molecule has 0 aromatic carbocycles. The molecule has 0 saturated carbocycles. The van der Waals surface area contributed by atoms with E-state index < -0.39 is 12.6 Å². The second-order valence-corrected chi connectivity index (χ2v) is 4.76. The van der Waals surface area contributed by atoms with Crippen LogP contribution in [0.2, 0.25) is 0 Å². The van der Waals surface area contributed by atoms with Crippen molar-refractivity contribution in [3.05, 3.63) is 11.7 Å². The number of hydrogen-bond acceptors (Lipinski definition) is 5. The quantitative estimate of drug-likeness (QED) is 0.901. The molecule has 0 bridgehead atoms. The number of likely N-dealkylation sites (N-methyl/N-ethyl adjacent to an activating group) is 1. The number of hydrogen-bond donors (Lipinski definition) is 1. The minimum atomic E-state index is -4.30. The summed E-state index contributed by atoms with van der Waals surface area (Å²) in [6.45, 7) is 2.14. The molecule has 1 saturated heterocycles. The highest BCUT2D eigenvalue weighted by Gasteiger charge is 2.31.